The van der Waals surface area contributed by atoms with Gasteiger partial charge in [0.25, 0.3) is 0 Å². The fourth-order valence-corrected chi connectivity index (χ4v) is 4.66. The monoisotopic (exact) mass is 317 g/mol. The summed E-state index contributed by atoms with van der Waals surface area (Å²) in [7, 11) is -3.68. The molecule has 0 aromatic heterocycles. The Labute approximate surface area is 123 Å². The zero-order valence-corrected chi connectivity index (χ0v) is 12.6. The van der Waals surface area contributed by atoms with Gasteiger partial charge in [-0.25, -0.2) is 8.42 Å². The first-order valence-electron chi connectivity index (χ1n) is 6.33. The summed E-state index contributed by atoms with van der Waals surface area (Å²) in [5, 5.41) is 9.20. The van der Waals surface area contributed by atoms with Crippen LogP contribution in [0.15, 0.2) is 29.2 Å². The lowest BCUT2D eigenvalue weighted by Gasteiger charge is -2.35. The second-order valence-corrected chi connectivity index (χ2v) is 7.22. The van der Waals surface area contributed by atoms with Crippen LogP contribution in [0.2, 0.25) is 5.02 Å². The van der Waals surface area contributed by atoms with Crippen molar-refractivity contribution in [2.45, 2.75) is 30.7 Å². The highest BCUT2D eigenvalue weighted by atomic mass is 35.5. The molecule has 2 atom stereocenters. The highest BCUT2D eigenvalue weighted by Crippen LogP contribution is 2.31. The lowest BCUT2D eigenvalue weighted by molar-refractivity contribution is -0.143. The standard InChI is InChI=1S/C13H16ClNO4S/c1-9-8-10(13(16)17)6-7-15(9)20(18,19)12-5-3-2-4-11(12)14/h2-5,9-10H,6-8H2,1H3,(H,16,17). The summed E-state index contributed by atoms with van der Waals surface area (Å²) in [6, 6.07) is 5.93. The molecule has 1 aliphatic rings. The van der Waals surface area contributed by atoms with Crippen LogP contribution in [0.3, 0.4) is 0 Å². The van der Waals surface area contributed by atoms with Crippen molar-refractivity contribution in [3.8, 4) is 0 Å². The van der Waals surface area contributed by atoms with Gasteiger partial charge >= 0.3 is 5.97 Å². The van der Waals surface area contributed by atoms with Crippen LogP contribution in [0, 0.1) is 5.92 Å². The molecular formula is C13H16ClNO4S. The maximum absolute atomic E-state index is 12.6. The Kier molecular flexibility index (Phi) is 4.36. The molecule has 5 nitrogen and oxygen atoms in total. The average Bonchev–Trinajstić information content (AvgIpc) is 2.38. The summed E-state index contributed by atoms with van der Waals surface area (Å²) in [6.07, 6.45) is 0.641. The van der Waals surface area contributed by atoms with Crippen molar-refractivity contribution in [3.63, 3.8) is 0 Å². The third kappa shape index (κ3) is 2.82. The Bertz CT molecular complexity index is 617. The van der Waals surface area contributed by atoms with Crippen LogP contribution >= 0.6 is 11.6 Å². The van der Waals surface area contributed by atoms with Crippen molar-refractivity contribution in [2.75, 3.05) is 6.54 Å². The summed E-state index contributed by atoms with van der Waals surface area (Å²) in [5.74, 6) is -1.35. The Hall–Kier alpha value is -1.11. The largest absolute Gasteiger partial charge is 0.481 e. The van der Waals surface area contributed by atoms with Gasteiger partial charge in [-0.3, -0.25) is 4.79 Å². The topological polar surface area (TPSA) is 74.7 Å². The molecule has 110 valence electrons. The molecule has 0 radical (unpaired) electrons. The number of halogens is 1. The van der Waals surface area contributed by atoms with Gasteiger partial charge in [0.15, 0.2) is 0 Å². The Morgan fingerprint density at radius 3 is 2.60 bits per heavy atom. The normalized spacial score (nSPS) is 24.5. The van der Waals surface area contributed by atoms with Crippen LogP contribution in [-0.4, -0.2) is 36.4 Å². The number of carboxylic acid groups (broad SMARTS) is 1. The molecule has 0 aliphatic carbocycles. The minimum Gasteiger partial charge on any atom is -0.481 e. The second-order valence-electron chi connectivity index (χ2n) is 4.95. The fourth-order valence-electron chi connectivity index (χ4n) is 2.51. The van der Waals surface area contributed by atoms with Crippen molar-refractivity contribution in [1.82, 2.24) is 4.31 Å². The molecule has 1 aromatic carbocycles. The Morgan fingerprint density at radius 2 is 2.05 bits per heavy atom. The van der Waals surface area contributed by atoms with Gasteiger partial charge in [0.05, 0.1) is 10.9 Å². The predicted octanol–water partition coefficient (Wildman–Crippen LogP) is 2.21. The Morgan fingerprint density at radius 1 is 1.40 bits per heavy atom. The number of sulfonamides is 1. The number of piperidine rings is 1. The predicted molar refractivity (Wildman–Crippen MR) is 75.2 cm³/mol. The molecule has 0 bridgehead atoms. The molecule has 0 amide bonds. The number of carboxylic acids is 1. The van der Waals surface area contributed by atoms with Crippen molar-refractivity contribution in [1.29, 1.82) is 0 Å². The summed E-state index contributed by atoms with van der Waals surface area (Å²) in [6.45, 7) is 1.93. The van der Waals surface area contributed by atoms with E-state index in [2.05, 4.69) is 0 Å². The summed E-state index contributed by atoms with van der Waals surface area (Å²) >= 11 is 5.95. The summed E-state index contributed by atoms with van der Waals surface area (Å²) in [4.78, 5) is 11.1. The van der Waals surface area contributed by atoms with Gasteiger partial charge in [0.1, 0.15) is 4.90 Å². The van der Waals surface area contributed by atoms with E-state index in [1.54, 1.807) is 19.1 Å². The van der Waals surface area contributed by atoms with Crippen LogP contribution in [0.1, 0.15) is 19.8 Å². The third-order valence-corrected chi connectivity index (χ3v) is 6.10. The van der Waals surface area contributed by atoms with Gasteiger partial charge in [-0.15, -0.1) is 0 Å². The number of hydrogen-bond donors (Lipinski definition) is 1. The maximum Gasteiger partial charge on any atom is 0.306 e. The molecule has 1 heterocycles. The third-order valence-electron chi connectivity index (χ3n) is 3.59. The highest BCUT2D eigenvalue weighted by molar-refractivity contribution is 7.89. The van der Waals surface area contributed by atoms with Crippen molar-refractivity contribution < 1.29 is 18.3 Å². The van der Waals surface area contributed by atoms with Gasteiger partial charge < -0.3 is 5.11 Å². The van der Waals surface area contributed by atoms with Crippen LogP contribution in [-0.2, 0) is 14.8 Å². The number of carbonyl (C=O) groups is 1. The average molecular weight is 318 g/mol. The van der Waals surface area contributed by atoms with E-state index in [4.69, 9.17) is 16.7 Å². The summed E-state index contributed by atoms with van der Waals surface area (Å²) < 4.78 is 26.5. The van der Waals surface area contributed by atoms with Crippen LogP contribution in [0.4, 0.5) is 0 Å². The fraction of sp³-hybridized carbons (Fsp3) is 0.462. The van der Waals surface area contributed by atoms with Crippen molar-refractivity contribution >= 4 is 27.6 Å². The van der Waals surface area contributed by atoms with Crippen LogP contribution in [0.25, 0.3) is 0 Å². The lowest BCUT2D eigenvalue weighted by Crippen LogP contribution is -2.46. The van der Waals surface area contributed by atoms with E-state index in [0.29, 0.717) is 12.8 Å². The first-order chi connectivity index (χ1) is 9.34. The van der Waals surface area contributed by atoms with Gasteiger partial charge in [-0.05, 0) is 31.9 Å². The quantitative estimate of drug-likeness (QED) is 0.927. The summed E-state index contributed by atoms with van der Waals surface area (Å²) in [5.41, 5.74) is 0. The van der Waals surface area contributed by atoms with E-state index in [1.165, 1.54) is 16.4 Å². The van der Waals surface area contributed by atoms with E-state index in [1.807, 2.05) is 0 Å². The zero-order chi connectivity index (χ0) is 14.9. The molecule has 1 aliphatic heterocycles. The second kappa shape index (κ2) is 5.71. The van der Waals surface area contributed by atoms with Gasteiger partial charge in [-0.1, -0.05) is 23.7 Å². The number of hydrogen-bond acceptors (Lipinski definition) is 3. The van der Waals surface area contributed by atoms with Crippen LogP contribution in [0.5, 0.6) is 0 Å². The molecule has 1 fully saturated rings. The molecule has 2 rings (SSSR count). The van der Waals surface area contributed by atoms with Crippen molar-refractivity contribution in [2.24, 2.45) is 5.92 Å². The number of aliphatic carboxylic acids is 1. The first kappa shape index (κ1) is 15.3. The minimum absolute atomic E-state index is 0.0716. The highest BCUT2D eigenvalue weighted by Gasteiger charge is 2.37. The molecule has 20 heavy (non-hydrogen) atoms. The molecular weight excluding hydrogens is 302 g/mol. The molecule has 0 saturated carbocycles. The first-order valence-corrected chi connectivity index (χ1v) is 8.15. The SMILES string of the molecule is CC1CC(C(=O)O)CCN1S(=O)(=O)c1ccccc1Cl. The van der Waals surface area contributed by atoms with Gasteiger partial charge in [0.2, 0.25) is 10.0 Å². The number of nitrogens with zero attached hydrogens (tertiary/aromatic N) is 1. The van der Waals surface area contributed by atoms with Crippen LogP contribution < -0.4 is 0 Å². The van der Waals surface area contributed by atoms with Gasteiger partial charge in [0, 0.05) is 12.6 Å². The zero-order valence-electron chi connectivity index (χ0n) is 11.0. The van der Waals surface area contributed by atoms with E-state index in [-0.39, 0.29) is 22.5 Å². The van der Waals surface area contributed by atoms with Gasteiger partial charge in [-0.2, -0.15) is 4.31 Å². The smallest absolute Gasteiger partial charge is 0.306 e. The van der Waals surface area contributed by atoms with E-state index in [9.17, 15) is 13.2 Å². The number of benzene rings is 1. The molecule has 1 N–H and O–H groups in total. The lowest BCUT2D eigenvalue weighted by atomic mass is 9.93. The van der Waals surface area contributed by atoms with E-state index < -0.39 is 21.9 Å². The Balaban J connectivity index is 2.28. The molecule has 1 saturated heterocycles. The molecule has 0 spiro atoms. The van der Waals surface area contributed by atoms with Crippen molar-refractivity contribution in [3.05, 3.63) is 29.3 Å². The molecule has 1 aromatic rings. The van der Waals surface area contributed by atoms with E-state index in [0.717, 1.165) is 0 Å². The minimum atomic E-state index is -3.68. The number of rotatable bonds is 3. The molecule has 2 unspecified atom stereocenters. The van der Waals surface area contributed by atoms with E-state index >= 15 is 0 Å². The maximum atomic E-state index is 12.6. The molecule has 7 heteroatoms.